The maximum Gasteiger partial charge on any atom is 0.130 e. The molecule has 2 aromatic carbocycles. The van der Waals surface area contributed by atoms with E-state index in [1.165, 1.54) is 16.7 Å². The largest absolute Gasteiger partial charge is 0.483 e. The predicted molar refractivity (Wildman–Crippen MR) is 98.6 cm³/mol. The van der Waals surface area contributed by atoms with Crippen LogP contribution in [0.15, 0.2) is 42.5 Å². The molecule has 0 radical (unpaired) electrons. The van der Waals surface area contributed by atoms with Crippen LogP contribution in [0.3, 0.4) is 0 Å². The van der Waals surface area contributed by atoms with Gasteiger partial charge in [-0.15, -0.1) is 0 Å². The average molecular weight is 328 g/mol. The molecule has 23 heavy (non-hydrogen) atoms. The lowest BCUT2D eigenvalue weighted by Gasteiger charge is -2.32. The molecule has 1 heterocycles. The van der Waals surface area contributed by atoms with Gasteiger partial charge in [-0.05, 0) is 74.7 Å². The van der Waals surface area contributed by atoms with Gasteiger partial charge in [-0.3, -0.25) is 0 Å². The highest BCUT2D eigenvalue weighted by Gasteiger charge is 2.28. The molecule has 0 aliphatic carbocycles. The lowest BCUT2D eigenvalue weighted by molar-refractivity contribution is 0.158. The van der Waals surface area contributed by atoms with E-state index in [2.05, 4.69) is 63.4 Å². The van der Waals surface area contributed by atoms with Crippen molar-refractivity contribution in [1.82, 2.24) is 0 Å². The Hall–Kier alpha value is -1.93. The van der Waals surface area contributed by atoms with Gasteiger partial charge < -0.3 is 10.1 Å². The Morgan fingerprint density at radius 2 is 1.83 bits per heavy atom. The monoisotopic (exact) mass is 327 g/mol. The van der Waals surface area contributed by atoms with Gasteiger partial charge in [-0.25, -0.2) is 0 Å². The molecule has 2 aromatic rings. The lowest BCUT2D eigenvalue weighted by Crippen LogP contribution is -2.29. The van der Waals surface area contributed by atoms with Crippen LogP contribution in [0.2, 0.25) is 5.02 Å². The molecular formula is C20H22ClNO. The maximum atomic E-state index is 6.18. The molecule has 0 aromatic heterocycles. The maximum absolute atomic E-state index is 6.18. The third kappa shape index (κ3) is 3.23. The van der Waals surface area contributed by atoms with Crippen LogP contribution in [-0.2, 0) is 0 Å². The van der Waals surface area contributed by atoms with Crippen molar-refractivity contribution < 1.29 is 4.74 Å². The van der Waals surface area contributed by atoms with Crippen LogP contribution in [0.5, 0.6) is 5.75 Å². The van der Waals surface area contributed by atoms with Gasteiger partial charge in [0.15, 0.2) is 0 Å². The van der Waals surface area contributed by atoms with E-state index in [4.69, 9.17) is 16.3 Å². The summed E-state index contributed by atoms with van der Waals surface area (Å²) in [5.41, 5.74) is 5.42. The first-order valence-corrected chi connectivity index (χ1v) is 8.34. The highest BCUT2D eigenvalue weighted by Crippen LogP contribution is 2.41. The molecule has 1 N–H and O–H groups in total. The standard InChI is InChI=1S/C20H22ClNO/c1-5-22-15-7-9-17-18(12-20(3,4)23-19(17)11-15)16-8-6-14(21)10-13(16)2/h6-12,22H,5H2,1-4H3. The minimum absolute atomic E-state index is 0.348. The lowest BCUT2D eigenvalue weighted by atomic mass is 9.88. The van der Waals surface area contributed by atoms with Crippen molar-refractivity contribution in [1.29, 1.82) is 0 Å². The Bertz CT molecular complexity index is 777. The molecule has 2 nitrogen and oxygen atoms in total. The Morgan fingerprint density at radius 3 is 2.52 bits per heavy atom. The number of anilines is 1. The first-order valence-electron chi connectivity index (χ1n) is 7.96. The summed E-state index contributed by atoms with van der Waals surface area (Å²) in [5.74, 6) is 0.917. The van der Waals surface area contributed by atoms with E-state index >= 15 is 0 Å². The Labute approximate surface area is 143 Å². The molecule has 0 fully saturated rings. The van der Waals surface area contributed by atoms with E-state index in [0.29, 0.717) is 0 Å². The Morgan fingerprint density at radius 1 is 1.09 bits per heavy atom. The van der Waals surface area contributed by atoms with E-state index < -0.39 is 0 Å². The smallest absolute Gasteiger partial charge is 0.130 e. The van der Waals surface area contributed by atoms with Crippen molar-refractivity contribution in [3.63, 3.8) is 0 Å². The van der Waals surface area contributed by atoms with Crippen LogP contribution in [0.4, 0.5) is 5.69 Å². The Kier molecular flexibility index (Phi) is 4.11. The fourth-order valence-electron chi connectivity index (χ4n) is 3.03. The van der Waals surface area contributed by atoms with Crippen LogP contribution < -0.4 is 10.1 Å². The second kappa shape index (κ2) is 5.93. The van der Waals surface area contributed by atoms with E-state index in [9.17, 15) is 0 Å². The van der Waals surface area contributed by atoms with Gasteiger partial charge in [-0.2, -0.15) is 0 Å². The molecule has 1 aliphatic rings. The molecule has 0 amide bonds. The number of halogens is 1. The molecule has 3 heteroatoms. The summed E-state index contributed by atoms with van der Waals surface area (Å²) in [4.78, 5) is 0. The van der Waals surface area contributed by atoms with Gasteiger partial charge in [-0.1, -0.05) is 17.7 Å². The van der Waals surface area contributed by atoms with Gasteiger partial charge in [0.2, 0.25) is 0 Å². The summed E-state index contributed by atoms with van der Waals surface area (Å²) in [6.07, 6.45) is 2.19. The first-order chi connectivity index (χ1) is 10.9. The number of ether oxygens (including phenoxy) is 1. The molecule has 0 spiro atoms. The average Bonchev–Trinajstić information content (AvgIpc) is 2.45. The minimum Gasteiger partial charge on any atom is -0.483 e. The summed E-state index contributed by atoms with van der Waals surface area (Å²) < 4.78 is 6.18. The molecule has 120 valence electrons. The van der Waals surface area contributed by atoms with E-state index in [0.717, 1.165) is 28.6 Å². The van der Waals surface area contributed by atoms with Crippen LogP contribution in [-0.4, -0.2) is 12.1 Å². The molecule has 0 bridgehead atoms. The first kappa shape index (κ1) is 15.9. The van der Waals surface area contributed by atoms with Crippen molar-refractivity contribution >= 4 is 22.9 Å². The normalized spacial score (nSPS) is 15.4. The number of aryl methyl sites for hydroxylation is 1. The third-order valence-corrected chi connectivity index (χ3v) is 4.23. The fraction of sp³-hybridized carbons (Fsp3) is 0.300. The zero-order valence-corrected chi connectivity index (χ0v) is 14.8. The summed E-state index contributed by atoms with van der Waals surface area (Å²) in [6.45, 7) is 9.24. The van der Waals surface area contributed by atoms with Gasteiger partial charge in [0.1, 0.15) is 11.4 Å². The van der Waals surface area contributed by atoms with Gasteiger partial charge >= 0.3 is 0 Å². The fourth-order valence-corrected chi connectivity index (χ4v) is 3.26. The number of fused-ring (bicyclic) bond motifs is 1. The zero-order valence-electron chi connectivity index (χ0n) is 14.0. The van der Waals surface area contributed by atoms with Gasteiger partial charge in [0.05, 0.1) is 0 Å². The third-order valence-electron chi connectivity index (χ3n) is 4.00. The van der Waals surface area contributed by atoms with Gasteiger partial charge in [0, 0.05) is 28.9 Å². The molecular weight excluding hydrogens is 306 g/mol. The zero-order chi connectivity index (χ0) is 16.6. The SMILES string of the molecule is CCNc1ccc2c(c1)OC(C)(C)C=C2c1ccc(Cl)cc1C. The van der Waals surface area contributed by atoms with Gasteiger partial charge in [0.25, 0.3) is 0 Å². The topological polar surface area (TPSA) is 21.3 Å². The van der Waals surface area contributed by atoms with Crippen molar-refractivity contribution in [2.75, 3.05) is 11.9 Å². The second-order valence-electron chi connectivity index (χ2n) is 6.46. The highest BCUT2D eigenvalue weighted by molar-refractivity contribution is 6.30. The Balaban J connectivity index is 2.15. The molecule has 0 saturated heterocycles. The summed E-state index contributed by atoms with van der Waals surface area (Å²) >= 11 is 6.12. The number of rotatable bonds is 3. The van der Waals surface area contributed by atoms with Crippen molar-refractivity contribution in [2.45, 2.75) is 33.3 Å². The molecule has 1 aliphatic heterocycles. The number of benzene rings is 2. The van der Waals surface area contributed by atoms with E-state index in [-0.39, 0.29) is 5.60 Å². The molecule has 3 rings (SSSR count). The predicted octanol–water partition coefficient (Wildman–Crippen LogP) is 5.68. The van der Waals surface area contributed by atoms with Crippen LogP contribution in [0.1, 0.15) is 37.5 Å². The number of hydrogen-bond donors (Lipinski definition) is 1. The summed E-state index contributed by atoms with van der Waals surface area (Å²) in [7, 11) is 0. The van der Waals surface area contributed by atoms with Crippen molar-refractivity contribution in [3.8, 4) is 5.75 Å². The molecule has 0 unspecified atom stereocenters. The van der Waals surface area contributed by atoms with Crippen LogP contribution >= 0.6 is 11.6 Å². The van der Waals surface area contributed by atoms with Crippen molar-refractivity contribution in [2.24, 2.45) is 0 Å². The second-order valence-corrected chi connectivity index (χ2v) is 6.90. The summed E-state index contributed by atoms with van der Waals surface area (Å²) in [6, 6.07) is 12.4. The molecule has 0 atom stereocenters. The van der Waals surface area contributed by atoms with Crippen molar-refractivity contribution in [3.05, 3.63) is 64.2 Å². The quantitative estimate of drug-likeness (QED) is 0.782. The number of nitrogens with one attached hydrogen (secondary N) is 1. The highest BCUT2D eigenvalue weighted by atomic mass is 35.5. The molecule has 0 saturated carbocycles. The summed E-state index contributed by atoms with van der Waals surface area (Å²) in [5, 5.41) is 4.11. The minimum atomic E-state index is -0.348. The van der Waals surface area contributed by atoms with E-state index in [1.54, 1.807) is 0 Å². The van der Waals surface area contributed by atoms with E-state index in [1.807, 2.05) is 12.1 Å². The van der Waals surface area contributed by atoms with Crippen LogP contribution in [0, 0.1) is 6.92 Å². The van der Waals surface area contributed by atoms with Crippen LogP contribution in [0.25, 0.3) is 5.57 Å². The number of hydrogen-bond acceptors (Lipinski definition) is 2.